The first-order chi connectivity index (χ1) is 8.21. The van der Waals surface area contributed by atoms with Crippen molar-refractivity contribution < 1.29 is 5.11 Å². The van der Waals surface area contributed by atoms with Crippen LogP contribution < -0.4 is 5.73 Å². The van der Waals surface area contributed by atoms with Gasteiger partial charge in [-0.2, -0.15) is 0 Å². The van der Waals surface area contributed by atoms with Crippen LogP contribution in [0.1, 0.15) is 66.7 Å². The molecule has 108 valence electrons. The second kappa shape index (κ2) is 6.38. The van der Waals surface area contributed by atoms with Gasteiger partial charge in [0.25, 0.3) is 0 Å². The Morgan fingerprint density at radius 3 is 2.00 bits per heavy atom. The largest absolute Gasteiger partial charge is 0.391 e. The predicted molar refractivity (Wildman–Crippen MR) is 78.3 cm³/mol. The highest BCUT2D eigenvalue weighted by atomic mass is 16.3. The topological polar surface area (TPSA) is 46.2 Å². The molecule has 0 amide bonds. The summed E-state index contributed by atoms with van der Waals surface area (Å²) in [6.07, 6.45) is 5.43. The molecule has 3 N–H and O–H groups in total. The molecule has 1 aliphatic carbocycles. The minimum Gasteiger partial charge on any atom is -0.391 e. The molecule has 1 saturated carbocycles. The van der Waals surface area contributed by atoms with E-state index < -0.39 is 0 Å². The van der Waals surface area contributed by atoms with Gasteiger partial charge in [0.1, 0.15) is 0 Å². The third kappa shape index (κ3) is 4.55. The van der Waals surface area contributed by atoms with E-state index >= 15 is 0 Å². The van der Waals surface area contributed by atoms with Crippen LogP contribution in [0.25, 0.3) is 0 Å². The van der Waals surface area contributed by atoms with Gasteiger partial charge in [0.15, 0.2) is 0 Å². The summed E-state index contributed by atoms with van der Waals surface area (Å²) in [5, 5.41) is 10.4. The highest BCUT2D eigenvalue weighted by Gasteiger charge is 2.34. The molecule has 0 aliphatic heterocycles. The third-order valence-corrected chi connectivity index (χ3v) is 4.66. The zero-order valence-corrected chi connectivity index (χ0v) is 12.9. The summed E-state index contributed by atoms with van der Waals surface area (Å²) >= 11 is 0. The summed E-state index contributed by atoms with van der Waals surface area (Å²) in [4.78, 5) is 0. The summed E-state index contributed by atoms with van der Waals surface area (Å²) in [5.41, 5.74) is 6.53. The Balaban J connectivity index is 2.42. The van der Waals surface area contributed by atoms with Crippen LogP contribution in [0.15, 0.2) is 0 Å². The van der Waals surface area contributed by atoms with Crippen molar-refractivity contribution in [1.29, 1.82) is 0 Å². The van der Waals surface area contributed by atoms with Crippen LogP contribution in [-0.4, -0.2) is 17.3 Å². The molecule has 2 nitrogen and oxygen atoms in total. The van der Waals surface area contributed by atoms with Crippen LogP contribution in [-0.2, 0) is 0 Å². The quantitative estimate of drug-likeness (QED) is 0.806. The maximum Gasteiger partial charge on any atom is 0.0719 e. The Labute approximate surface area is 113 Å². The first kappa shape index (κ1) is 16.0. The van der Waals surface area contributed by atoms with E-state index in [9.17, 15) is 5.11 Å². The molecule has 2 unspecified atom stereocenters. The van der Waals surface area contributed by atoms with Crippen LogP contribution in [0.4, 0.5) is 0 Å². The van der Waals surface area contributed by atoms with Crippen molar-refractivity contribution in [3.05, 3.63) is 0 Å². The zero-order chi connectivity index (χ0) is 13.9. The van der Waals surface area contributed by atoms with Crippen molar-refractivity contribution in [3.8, 4) is 0 Å². The van der Waals surface area contributed by atoms with Crippen LogP contribution in [0.5, 0.6) is 0 Å². The molecule has 0 aromatic heterocycles. The number of aliphatic hydroxyl groups excluding tert-OH is 1. The number of hydrogen-bond donors (Lipinski definition) is 2. The fourth-order valence-electron chi connectivity index (χ4n) is 3.36. The number of rotatable bonds is 4. The predicted octanol–water partition coefficient (Wildman–Crippen LogP) is 3.57. The van der Waals surface area contributed by atoms with Crippen molar-refractivity contribution in [3.63, 3.8) is 0 Å². The summed E-state index contributed by atoms with van der Waals surface area (Å²) in [6, 6.07) is -0.0406. The van der Waals surface area contributed by atoms with Crippen molar-refractivity contribution in [2.24, 2.45) is 28.9 Å². The lowest BCUT2D eigenvalue weighted by Crippen LogP contribution is -2.42. The van der Waals surface area contributed by atoms with E-state index in [0.717, 1.165) is 25.2 Å². The average molecular weight is 255 g/mol. The first-order valence-corrected chi connectivity index (χ1v) is 7.65. The standard InChI is InChI=1S/C16H33NO/c1-11(2)10-14(17)15(18)12-6-8-13(9-7-12)16(3,4)5/h11-15,18H,6-10,17H2,1-5H3. The molecular formula is C16H33NO. The molecule has 0 bridgehead atoms. The Morgan fingerprint density at radius 2 is 1.61 bits per heavy atom. The van der Waals surface area contributed by atoms with Gasteiger partial charge in [0.2, 0.25) is 0 Å². The number of aliphatic hydroxyl groups is 1. The average Bonchev–Trinajstić information content (AvgIpc) is 2.26. The first-order valence-electron chi connectivity index (χ1n) is 7.65. The fourth-order valence-corrected chi connectivity index (χ4v) is 3.36. The van der Waals surface area contributed by atoms with Gasteiger partial charge in [-0.3, -0.25) is 0 Å². The van der Waals surface area contributed by atoms with Crippen LogP contribution in [0, 0.1) is 23.2 Å². The minimum atomic E-state index is -0.298. The second-order valence-corrected chi connectivity index (χ2v) is 7.76. The maximum atomic E-state index is 10.4. The Hall–Kier alpha value is -0.0800. The monoisotopic (exact) mass is 255 g/mol. The molecule has 0 spiro atoms. The summed E-state index contributed by atoms with van der Waals surface area (Å²) in [6.45, 7) is 11.3. The summed E-state index contributed by atoms with van der Waals surface area (Å²) in [7, 11) is 0. The van der Waals surface area contributed by atoms with Crippen molar-refractivity contribution in [1.82, 2.24) is 0 Å². The third-order valence-electron chi connectivity index (χ3n) is 4.66. The van der Waals surface area contributed by atoms with E-state index in [4.69, 9.17) is 5.73 Å². The lowest BCUT2D eigenvalue weighted by molar-refractivity contribution is 0.0327. The lowest BCUT2D eigenvalue weighted by atomic mass is 9.68. The molecule has 1 aliphatic rings. The lowest BCUT2D eigenvalue weighted by Gasteiger charge is -2.39. The Bertz CT molecular complexity index is 236. The van der Waals surface area contributed by atoms with Gasteiger partial charge in [-0.25, -0.2) is 0 Å². The van der Waals surface area contributed by atoms with E-state index in [1.807, 2.05) is 0 Å². The second-order valence-electron chi connectivity index (χ2n) is 7.76. The fraction of sp³-hybridized carbons (Fsp3) is 1.00. The maximum absolute atomic E-state index is 10.4. The molecule has 1 fully saturated rings. The number of nitrogens with two attached hydrogens (primary N) is 1. The SMILES string of the molecule is CC(C)CC(N)C(O)C1CCC(C(C)(C)C)CC1. The highest BCUT2D eigenvalue weighted by molar-refractivity contribution is 4.86. The smallest absolute Gasteiger partial charge is 0.0719 e. The molecule has 0 heterocycles. The molecule has 0 aromatic rings. The highest BCUT2D eigenvalue weighted by Crippen LogP contribution is 2.41. The van der Waals surface area contributed by atoms with Gasteiger partial charge in [0, 0.05) is 6.04 Å². The molecular weight excluding hydrogens is 222 g/mol. The molecule has 0 radical (unpaired) electrons. The van der Waals surface area contributed by atoms with E-state index in [1.54, 1.807) is 0 Å². The van der Waals surface area contributed by atoms with Gasteiger partial charge in [-0.05, 0) is 55.3 Å². The van der Waals surface area contributed by atoms with Gasteiger partial charge in [-0.1, -0.05) is 34.6 Å². The van der Waals surface area contributed by atoms with Crippen LogP contribution >= 0.6 is 0 Å². The Kier molecular flexibility index (Phi) is 5.67. The Morgan fingerprint density at radius 1 is 1.11 bits per heavy atom. The van der Waals surface area contributed by atoms with Gasteiger partial charge in [0.05, 0.1) is 6.10 Å². The van der Waals surface area contributed by atoms with Gasteiger partial charge >= 0.3 is 0 Å². The summed E-state index contributed by atoms with van der Waals surface area (Å²) in [5.74, 6) is 1.81. The molecule has 0 saturated heterocycles. The minimum absolute atomic E-state index is 0.0406. The van der Waals surface area contributed by atoms with E-state index in [-0.39, 0.29) is 12.1 Å². The summed E-state index contributed by atoms with van der Waals surface area (Å²) < 4.78 is 0. The van der Waals surface area contributed by atoms with Crippen LogP contribution in [0.3, 0.4) is 0 Å². The molecule has 1 rings (SSSR count). The van der Waals surface area contributed by atoms with E-state index in [1.165, 1.54) is 12.8 Å². The van der Waals surface area contributed by atoms with Crippen molar-refractivity contribution in [2.45, 2.75) is 78.9 Å². The van der Waals surface area contributed by atoms with Gasteiger partial charge in [-0.15, -0.1) is 0 Å². The van der Waals surface area contributed by atoms with Crippen molar-refractivity contribution in [2.75, 3.05) is 0 Å². The molecule has 18 heavy (non-hydrogen) atoms. The van der Waals surface area contributed by atoms with E-state index in [0.29, 0.717) is 17.3 Å². The molecule has 2 atom stereocenters. The van der Waals surface area contributed by atoms with Gasteiger partial charge < -0.3 is 10.8 Å². The van der Waals surface area contributed by atoms with Crippen molar-refractivity contribution >= 4 is 0 Å². The van der Waals surface area contributed by atoms with E-state index in [2.05, 4.69) is 34.6 Å². The normalized spacial score (nSPS) is 29.3. The molecule has 0 aromatic carbocycles. The van der Waals surface area contributed by atoms with Crippen LogP contribution in [0.2, 0.25) is 0 Å². The number of hydrogen-bond acceptors (Lipinski definition) is 2. The zero-order valence-electron chi connectivity index (χ0n) is 12.9. The molecule has 2 heteroatoms.